The fourth-order valence-corrected chi connectivity index (χ4v) is 4.17. The zero-order chi connectivity index (χ0) is 19.5. The number of piperidine rings is 1. The number of hydrogen-bond donors (Lipinski definition) is 2. The van der Waals surface area contributed by atoms with Gasteiger partial charge < -0.3 is 10.4 Å². The van der Waals surface area contributed by atoms with E-state index in [4.69, 9.17) is 0 Å². The molecule has 2 N–H and O–H groups in total. The van der Waals surface area contributed by atoms with Crippen LogP contribution >= 0.6 is 0 Å². The maximum Gasteiger partial charge on any atom is 0.330 e. The molecule has 144 valence electrons. The Morgan fingerprint density at radius 3 is 2.69 bits per heavy atom. The van der Waals surface area contributed by atoms with Crippen molar-refractivity contribution in [3.8, 4) is 0 Å². The fourth-order valence-electron chi connectivity index (χ4n) is 2.99. The van der Waals surface area contributed by atoms with E-state index in [-0.39, 0.29) is 23.4 Å². The van der Waals surface area contributed by atoms with Crippen LogP contribution in [0.1, 0.15) is 36.9 Å². The molecule has 2 rings (SSSR count). The predicted molar refractivity (Wildman–Crippen MR) is 93.4 cm³/mol. The van der Waals surface area contributed by atoms with Crippen molar-refractivity contribution in [2.24, 2.45) is 5.92 Å². The van der Waals surface area contributed by atoms with Gasteiger partial charge in [-0.05, 0) is 43.9 Å². The monoisotopic (exact) mass is 386 g/mol. The third-order valence-electron chi connectivity index (χ3n) is 4.56. The number of carbonyl (C=O) groups excluding carboxylic acids is 1. The number of carbonyl (C=O) groups is 2. The van der Waals surface area contributed by atoms with Gasteiger partial charge in [-0.15, -0.1) is 0 Å². The lowest BCUT2D eigenvalue weighted by molar-refractivity contribution is -0.143. The molecule has 1 saturated heterocycles. The number of benzene rings is 1. The molecule has 1 aliphatic heterocycles. The van der Waals surface area contributed by atoms with Gasteiger partial charge in [0.1, 0.15) is 5.82 Å². The molecule has 1 aromatic carbocycles. The van der Waals surface area contributed by atoms with E-state index < -0.39 is 39.7 Å². The first-order valence-corrected chi connectivity index (χ1v) is 10.0. The number of aryl methyl sites for hydroxylation is 1. The van der Waals surface area contributed by atoms with Crippen molar-refractivity contribution in [2.75, 3.05) is 18.8 Å². The molecule has 9 heteroatoms. The molecule has 0 bridgehead atoms. The molecule has 1 amide bonds. The average molecular weight is 386 g/mol. The van der Waals surface area contributed by atoms with Crippen molar-refractivity contribution in [2.45, 2.75) is 32.7 Å². The molecule has 0 radical (unpaired) electrons. The van der Waals surface area contributed by atoms with Gasteiger partial charge in [-0.2, -0.15) is 0 Å². The molecule has 0 saturated carbocycles. The summed E-state index contributed by atoms with van der Waals surface area (Å²) in [6, 6.07) is 2.53. The van der Waals surface area contributed by atoms with E-state index in [2.05, 4.69) is 5.32 Å². The Kier molecular flexibility index (Phi) is 6.35. The number of amides is 1. The highest BCUT2D eigenvalue weighted by Gasteiger charge is 2.33. The number of carboxylic acids is 1. The number of aliphatic carboxylic acids is 1. The summed E-state index contributed by atoms with van der Waals surface area (Å²) in [5.74, 6) is -2.91. The molecular weight excluding hydrogens is 363 g/mol. The third kappa shape index (κ3) is 4.59. The Bertz CT molecular complexity index is 796. The van der Waals surface area contributed by atoms with Crippen LogP contribution in [0.25, 0.3) is 0 Å². The lowest BCUT2D eigenvalue weighted by Crippen LogP contribution is -2.47. The number of halogens is 1. The highest BCUT2D eigenvalue weighted by molar-refractivity contribution is 7.89. The van der Waals surface area contributed by atoms with Crippen LogP contribution in [0.4, 0.5) is 4.39 Å². The van der Waals surface area contributed by atoms with Crippen molar-refractivity contribution in [1.29, 1.82) is 0 Å². The average Bonchev–Trinajstić information content (AvgIpc) is 2.61. The molecule has 1 aliphatic rings. The van der Waals surface area contributed by atoms with E-state index in [0.29, 0.717) is 19.4 Å². The number of rotatable bonds is 6. The van der Waals surface area contributed by atoms with Gasteiger partial charge in [-0.25, -0.2) is 21.9 Å². The second-order valence-electron chi connectivity index (χ2n) is 6.39. The van der Waals surface area contributed by atoms with E-state index in [0.717, 1.165) is 6.07 Å². The van der Waals surface area contributed by atoms with E-state index in [1.54, 1.807) is 0 Å². The summed E-state index contributed by atoms with van der Waals surface area (Å²) in [4.78, 5) is 24.1. The minimum Gasteiger partial charge on any atom is -0.479 e. The van der Waals surface area contributed by atoms with Crippen LogP contribution in [0.3, 0.4) is 0 Å². The van der Waals surface area contributed by atoms with Crippen LogP contribution in [-0.2, 0) is 19.6 Å². The van der Waals surface area contributed by atoms with Crippen LogP contribution in [0.15, 0.2) is 18.2 Å². The molecule has 7 nitrogen and oxygen atoms in total. The minimum atomic E-state index is -3.40. The Labute approximate surface area is 152 Å². The summed E-state index contributed by atoms with van der Waals surface area (Å²) in [5.41, 5.74) is 0.541. The van der Waals surface area contributed by atoms with Gasteiger partial charge in [0.05, 0.1) is 11.7 Å². The first-order valence-electron chi connectivity index (χ1n) is 8.42. The van der Waals surface area contributed by atoms with Gasteiger partial charge in [0, 0.05) is 13.1 Å². The van der Waals surface area contributed by atoms with Gasteiger partial charge in [-0.1, -0.05) is 12.1 Å². The van der Waals surface area contributed by atoms with Gasteiger partial charge >= 0.3 is 5.97 Å². The number of carboxylic acid groups (broad SMARTS) is 1. The van der Waals surface area contributed by atoms with Crippen LogP contribution in [-0.4, -0.2) is 48.5 Å². The van der Waals surface area contributed by atoms with E-state index in [1.807, 2.05) is 0 Å². The molecule has 1 heterocycles. The SMILES string of the molecule is CCS(=O)(=O)N1CCCC(C(=O)NC(C(=O)O)c2ccc(F)c(C)c2)C1. The molecule has 0 aromatic heterocycles. The molecule has 2 atom stereocenters. The van der Waals surface area contributed by atoms with Crippen molar-refractivity contribution in [3.63, 3.8) is 0 Å². The number of hydrogen-bond acceptors (Lipinski definition) is 4. The maximum absolute atomic E-state index is 13.4. The largest absolute Gasteiger partial charge is 0.479 e. The van der Waals surface area contributed by atoms with Gasteiger partial charge in [-0.3, -0.25) is 4.79 Å². The van der Waals surface area contributed by atoms with Crippen LogP contribution in [0.2, 0.25) is 0 Å². The lowest BCUT2D eigenvalue weighted by atomic mass is 9.97. The van der Waals surface area contributed by atoms with Gasteiger partial charge in [0.25, 0.3) is 0 Å². The normalized spacial score (nSPS) is 19.7. The van der Waals surface area contributed by atoms with E-state index in [9.17, 15) is 27.5 Å². The fraction of sp³-hybridized carbons (Fsp3) is 0.529. The molecular formula is C17H23FN2O5S. The smallest absolute Gasteiger partial charge is 0.330 e. The summed E-state index contributed by atoms with van der Waals surface area (Å²) in [5, 5.41) is 11.9. The molecule has 26 heavy (non-hydrogen) atoms. The van der Waals surface area contributed by atoms with Crippen molar-refractivity contribution >= 4 is 21.9 Å². The first-order chi connectivity index (χ1) is 12.2. The minimum absolute atomic E-state index is 0.0385. The van der Waals surface area contributed by atoms with Gasteiger partial charge in [0.2, 0.25) is 15.9 Å². The first kappa shape index (κ1) is 20.3. The summed E-state index contributed by atoms with van der Waals surface area (Å²) in [6.07, 6.45) is 1.01. The summed E-state index contributed by atoms with van der Waals surface area (Å²) in [6.45, 7) is 3.45. The number of nitrogens with one attached hydrogen (secondary N) is 1. The van der Waals surface area contributed by atoms with Crippen molar-refractivity contribution in [1.82, 2.24) is 9.62 Å². The molecule has 0 spiro atoms. The lowest BCUT2D eigenvalue weighted by Gasteiger charge is -2.31. The van der Waals surface area contributed by atoms with Gasteiger partial charge in [0.15, 0.2) is 6.04 Å². The summed E-state index contributed by atoms with van der Waals surface area (Å²) >= 11 is 0. The Morgan fingerprint density at radius 1 is 1.42 bits per heavy atom. The van der Waals surface area contributed by atoms with Crippen LogP contribution < -0.4 is 5.32 Å². The van der Waals surface area contributed by atoms with E-state index in [1.165, 1.54) is 30.3 Å². The Hall–Kier alpha value is -2.00. The third-order valence-corrected chi connectivity index (χ3v) is 6.41. The maximum atomic E-state index is 13.4. The second kappa shape index (κ2) is 8.13. The Balaban J connectivity index is 2.14. The summed E-state index contributed by atoms with van der Waals surface area (Å²) in [7, 11) is -3.40. The standard InChI is InChI=1S/C17H23FN2O5S/c1-3-26(24,25)20-8-4-5-13(10-20)16(21)19-15(17(22)23)12-6-7-14(18)11(2)9-12/h6-7,9,13,15H,3-5,8,10H2,1-2H3,(H,19,21)(H,22,23). The molecule has 1 fully saturated rings. The predicted octanol–water partition coefficient (Wildman–Crippen LogP) is 1.44. The number of sulfonamides is 1. The quantitative estimate of drug-likeness (QED) is 0.770. The highest BCUT2D eigenvalue weighted by Crippen LogP contribution is 2.22. The molecule has 0 aliphatic carbocycles. The van der Waals surface area contributed by atoms with Crippen LogP contribution in [0.5, 0.6) is 0 Å². The van der Waals surface area contributed by atoms with Crippen molar-refractivity contribution in [3.05, 3.63) is 35.1 Å². The van der Waals surface area contributed by atoms with Crippen molar-refractivity contribution < 1.29 is 27.5 Å². The Morgan fingerprint density at radius 2 is 2.12 bits per heavy atom. The second-order valence-corrected chi connectivity index (χ2v) is 8.64. The number of nitrogens with zero attached hydrogens (tertiary/aromatic N) is 1. The molecule has 1 aromatic rings. The van der Waals surface area contributed by atoms with E-state index >= 15 is 0 Å². The summed E-state index contributed by atoms with van der Waals surface area (Å²) < 4.78 is 38.7. The molecule has 2 unspecified atom stereocenters. The zero-order valence-corrected chi connectivity index (χ0v) is 15.6. The highest BCUT2D eigenvalue weighted by atomic mass is 32.2. The zero-order valence-electron chi connectivity index (χ0n) is 14.7. The van der Waals surface area contributed by atoms with Crippen LogP contribution in [0, 0.1) is 18.7 Å². The topological polar surface area (TPSA) is 104 Å².